The molecule has 10 aromatic carbocycles. The van der Waals surface area contributed by atoms with Gasteiger partial charge in [0.2, 0.25) is 0 Å². The Morgan fingerprint density at radius 1 is 0.342 bits per heavy atom. The van der Waals surface area contributed by atoms with E-state index >= 15 is 0 Å². The van der Waals surface area contributed by atoms with Crippen LogP contribution in [0.15, 0.2) is 194 Å². The highest BCUT2D eigenvalue weighted by atomic mass is 16.5. The molecule has 4 aliphatic heterocycles. The molecule has 4 heterocycles. The minimum atomic E-state index is -0.755. The van der Waals surface area contributed by atoms with Crippen molar-refractivity contribution in [2.75, 3.05) is 0 Å². The summed E-state index contributed by atoms with van der Waals surface area (Å²) in [6.07, 6.45) is 17.8. The van der Waals surface area contributed by atoms with E-state index < -0.39 is 22.0 Å². The number of hydrogen-bond acceptors (Lipinski definition) is 4. The van der Waals surface area contributed by atoms with Gasteiger partial charge in [0, 0.05) is 45.0 Å². The summed E-state index contributed by atoms with van der Waals surface area (Å²) in [6, 6.07) is 59.0. The SMILES string of the molecule is C.[B]C1(C)C=Cc2c(c3c(c4ccccc24)-c2ccccc2C3)O1.[B]C1(C)C=Cc2c(ccc3ccccc23)O1.[B]C1(C)C=Cc2c3c(c4ccccc4c2O1)-c1ccccc1C3.[B]C1(C)C=Cc2ccc3ccccc3c2O1. The first kappa shape index (κ1) is 51.4. The first-order valence-electron chi connectivity index (χ1n) is 26.6. The Bertz CT molecular complexity index is 4240. The molecule has 0 aromatic heterocycles. The molecule has 0 bridgehead atoms. The third kappa shape index (κ3) is 9.45. The number of rotatable bonds is 0. The van der Waals surface area contributed by atoms with Gasteiger partial charge in [0.15, 0.2) is 0 Å². The zero-order chi connectivity index (χ0) is 53.6. The summed E-state index contributed by atoms with van der Waals surface area (Å²) in [6.45, 7) is 7.50. The average molecular weight is 1020 g/mol. The van der Waals surface area contributed by atoms with E-state index in [2.05, 4.69) is 152 Å². The van der Waals surface area contributed by atoms with Gasteiger partial charge in [-0.2, -0.15) is 0 Å². The Balaban J connectivity index is 0.000000106. The van der Waals surface area contributed by atoms with Crippen LogP contribution in [0.1, 0.15) is 79.6 Å². The molecule has 16 rings (SSSR count). The molecule has 0 amide bonds. The third-order valence-corrected chi connectivity index (χ3v) is 15.4. The standard InChI is InChI=1S/2C21H15BO.2C14H11BO.CH4/c1-21(22)11-10-17-18-12-13-6-2-3-7-14(13)19(18)15-8-4-5-9-16(15)20(17)23-21;1-21(22)11-10-17-15-8-4-5-9-16(15)19-14-7-3-2-6-13(14)12-18(19)20(17)23-21;1-14(15)9-8-11-7-6-10-4-2-3-5-12(10)13(11)16-14;1-14(15)9-8-12-11-5-3-2-4-10(11)6-7-13(12)16-14;/h2*2-11H,12H2,1H3;2*2-9H,1H3;1H4. The molecular formula is C71H56B4O4. The van der Waals surface area contributed by atoms with Crippen LogP contribution in [-0.4, -0.2) is 53.4 Å². The highest BCUT2D eigenvalue weighted by Gasteiger charge is 2.33. The molecule has 0 saturated carbocycles. The van der Waals surface area contributed by atoms with Crippen LogP contribution in [0.2, 0.25) is 0 Å². The fraction of sp³-hybridized carbons (Fsp3) is 0.155. The molecule has 6 aliphatic rings. The minimum absolute atomic E-state index is 0. The molecule has 8 heteroatoms. The Morgan fingerprint density at radius 2 is 0.772 bits per heavy atom. The van der Waals surface area contributed by atoms with Crippen molar-refractivity contribution >= 4 is 98.8 Å². The highest BCUT2D eigenvalue weighted by Crippen LogP contribution is 2.52. The summed E-state index contributed by atoms with van der Waals surface area (Å²) in [5, 5.41) is 9.61. The fourth-order valence-corrected chi connectivity index (χ4v) is 11.8. The first-order chi connectivity index (χ1) is 37.6. The van der Waals surface area contributed by atoms with Crippen LogP contribution in [0.4, 0.5) is 0 Å². The number of fused-ring (bicyclic) bond motifs is 22. The minimum Gasteiger partial charge on any atom is -0.493 e. The summed E-state index contributed by atoms with van der Waals surface area (Å²) in [7, 11) is 24.3. The number of benzene rings is 10. The zero-order valence-corrected chi connectivity index (χ0v) is 44.1. The Morgan fingerprint density at radius 3 is 1.43 bits per heavy atom. The van der Waals surface area contributed by atoms with Gasteiger partial charge >= 0.3 is 0 Å². The van der Waals surface area contributed by atoms with E-state index in [1.54, 1.807) is 0 Å². The second-order valence-corrected chi connectivity index (χ2v) is 21.8. The molecule has 0 spiro atoms. The molecule has 4 atom stereocenters. The lowest BCUT2D eigenvalue weighted by atomic mass is 9.80. The van der Waals surface area contributed by atoms with Crippen LogP contribution >= 0.6 is 0 Å². The molecular weight excluding hydrogens is 960 g/mol. The highest BCUT2D eigenvalue weighted by molar-refractivity contribution is 6.19. The summed E-state index contributed by atoms with van der Waals surface area (Å²) in [5.41, 5.74) is 12.3. The van der Waals surface area contributed by atoms with Gasteiger partial charge in [0.05, 0.1) is 22.0 Å². The smallest absolute Gasteiger partial charge is 0.137 e. The van der Waals surface area contributed by atoms with E-state index in [0.29, 0.717) is 0 Å². The van der Waals surface area contributed by atoms with Crippen molar-refractivity contribution < 1.29 is 18.9 Å². The molecule has 10 aromatic rings. The van der Waals surface area contributed by atoms with Crippen LogP contribution in [0, 0.1) is 0 Å². The van der Waals surface area contributed by atoms with Crippen molar-refractivity contribution in [2.45, 2.75) is 70.0 Å². The number of ether oxygens (including phenoxy) is 4. The normalized spacial score (nSPS) is 21.3. The quantitative estimate of drug-likeness (QED) is 0.142. The maximum Gasteiger partial charge on any atom is 0.137 e. The predicted molar refractivity (Wildman–Crippen MR) is 334 cm³/mol. The van der Waals surface area contributed by atoms with E-state index in [1.807, 2.05) is 94.5 Å². The van der Waals surface area contributed by atoms with Gasteiger partial charge in [-0.05, 0) is 111 Å². The van der Waals surface area contributed by atoms with Gasteiger partial charge in [-0.1, -0.05) is 220 Å². The zero-order valence-electron chi connectivity index (χ0n) is 44.1. The molecule has 0 fully saturated rings. The molecule has 0 saturated heterocycles. The van der Waals surface area contributed by atoms with Crippen LogP contribution in [0.25, 0.3) is 89.6 Å². The average Bonchev–Trinajstić information content (AvgIpc) is 4.16. The van der Waals surface area contributed by atoms with Crippen molar-refractivity contribution in [2.24, 2.45) is 0 Å². The van der Waals surface area contributed by atoms with Crippen molar-refractivity contribution in [1.82, 2.24) is 0 Å². The Kier molecular flexibility index (Phi) is 12.7. The Hall–Kier alpha value is -8.34. The number of hydrogen-bond donors (Lipinski definition) is 0. The lowest BCUT2D eigenvalue weighted by Crippen LogP contribution is -2.32. The van der Waals surface area contributed by atoms with Crippen LogP contribution < -0.4 is 18.9 Å². The summed E-state index contributed by atoms with van der Waals surface area (Å²) in [4.78, 5) is 0. The topological polar surface area (TPSA) is 36.9 Å². The monoisotopic (exact) mass is 1020 g/mol. The van der Waals surface area contributed by atoms with Gasteiger partial charge < -0.3 is 18.9 Å². The molecule has 79 heavy (non-hydrogen) atoms. The van der Waals surface area contributed by atoms with Crippen LogP contribution in [-0.2, 0) is 12.8 Å². The van der Waals surface area contributed by atoms with E-state index in [9.17, 15) is 0 Å². The van der Waals surface area contributed by atoms with Gasteiger partial charge in [-0.25, -0.2) is 0 Å². The summed E-state index contributed by atoms with van der Waals surface area (Å²) < 4.78 is 23.9. The van der Waals surface area contributed by atoms with Crippen molar-refractivity contribution in [3.05, 3.63) is 239 Å². The lowest BCUT2D eigenvalue weighted by molar-refractivity contribution is 0.222. The first-order valence-corrected chi connectivity index (χ1v) is 26.6. The van der Waals surface area contributed by atoms with E-state index in [4.69, 9.17) is 50.3 Å². The maximum atomic E-state index is 6.23. The molecule has 376 valence electrons. The van der Waals surface area contributed by atoms with Gasteiger partial charge in [0.1, 0.15) is 54.4 Å². The second-order valence-electron chi connectivity index (χ2n) is 21.8. The van der Waals surface area contributed by atoms with E-state index in [-0.39, 0.29) is 7.43 Å². The predicted octanol–water partition coefficient (Wildman–Crippen LogP) is 16.3. The maximum absolute atomic E-state index is 6.23. The largest absolute Gasteiger partial charge is 0.493 e. The second kappa shape index (κ2) is 19.5. The van der Waals surface area contributed by atoms with Gasteiger partial charge in [-0.3, -0.25) is 0 Å². The van der Waals surface area contributed by atoms with E-state index in [1.165, 1.54) is 82.4 Å². The summed E-state index contributed by atoms with van der Waals surface area (Å²) >= 11 is 0. The van der Waals surface area contributed by atoms with Crippen molar-refractivity contribution in [3.8, 4) is 45.3 Å². The molecule has 0 N–H and O–H groups in total. The lowest BCUT2D eigenvalue weighted by Gasteiger charge is -2.31. The molecule has 2 aliphatic carbocycles. The van der Waals surface area contributed by atoms with Crippen molar-refractivity contribution in [3.63, 3.8) is 0 Å². The van der Waals surface area contributed by atoms with Crippen LogP contribution in [0.5, 0.6) is 23.0 Å². The van der Waals surface area contributed by atoms with Crippen LogP contribution in [0.3, 0.4) is 0 Å². The van der Waals surface area contributed by atoms with Gasteiger partial charge in [0.25, 0.3) is 0 Å². The molecule has 8 radical (unpaired) electrons. The molecule has 4 nitrogen and oxygen atoms in total. The summed E-state index contributed by atoms with van der Waals surface area (Å²) in [5.74, 6) is 3.60. The fourth-order valence-electron chi connectivity index (χ4n) is 11.8. The Labute approximate surface area is 469 Å². The molecule has 4 unspecified atom stereocenters. The van der Waals surface area contributed by atoms with E-state index in [0.717, 1.165) is 63.3 Å². The third-order valence-electron chi connectivity index (χ3n) is 15.4. The van der Waals surface area contributed by atoms with Gasteiger partial charge in [-0.15, -0.1) is 0 Å². The van der Waals surface area contributed by atoms with Crippen molar-refractivity contribution in [1.29, 1.82) is 0 Å².